The summed E-state index contributed by atoms with van der Waals surface area (Å²) < 4.78 is 5.32. The van der Waals surface area contributed by atoms with Crippen LogP contribution in [0.25, 0.3) is 0 Å². The molecule has 1 saturated heterocycles. The van der Waals surface area contributed by atoms with Gasteiger partial charge in [-0.3, -0.25) is 4.79 Å². The molecule has 4 nitrogen and oxygen atoms in total. The van der Waals surface area contributed by atoms with Crippen molar-refractivity contribution in [1.29, 1.82) is 0 Å². The van der Waals surface area contributed by atoms with Gasteiger partial charge in [0.2, 0.25) is 0 Å². The maximum absolute atomic E-state index is 11.9. The molecule has 1 saturated carbocycles. The Kier molecular flexibility index (Phi) is 2.68. The van der Waals surface area contributed by atoms with E-state index in [9.17, 15) is 14.7 Å². The molecule has 2 aliphatic carbocycles. The van der Waals surface area contributed by atoms with E-state index in [4.69, 9.17) is 4.74 Å². The van der Waals surface area contributed by atoms with Crippen LogP contribution in [0.1, 0.15) is 26.7 Å². The predicted octanol–water partition coefficient (Wildman–Crippen LogP) is 1.39. The highest BCUT2D eigenvalue weighted by atomic mass is 16.6. The number of carbonyl (C=O) groups excluding carboxylic acids is 2. The van der Waals surface area contributed by atoms with Crippen LogP contribution in [0.5, 0.6) is 0 Å². The largest absolute Gasteiger partial charge is 0.458 e. The van der Waals surface area contributed by atoms with E-state index in [-0.39, 0.29) is 29.6 Å². The average molecular weight is 262 g/mol. The fraction of sp³-hybridized carbons (Fsp3) is 0.600. The molecule has 1 heterocycles. The van der Waals surface area contributed by atoms with Gasteiger partial charge in [0.05, 0.1) is 12.0 Å². The van der Waals surface area contributed by atoms with Crippen molar-refractivity contribution in [2.75, 3.05) is 0 Å². The van der Waals surface area contributed by atoms with Crippen molar-refractivity contribution in [3.8, 4) is 0 Å². The zero-order valence-electron chi connectivity index (χ0n) is 11.2. The summed E-state index contributed by atoms with van der Waals surface area (Å²) in [7, 11) is 0. The molecular formula is C15H18O4. The molecule has 0 aromatic rings. The van der Waals surface area contributed by atoms with Gasteiger partial charge in [-0.25, -0.2) is 4.79 Å². The maximum atomic E-state index is 11.9. The van der Waals surface area contributed by atoms with E-state index in [2.05, 4.69) is 6.58 Å². The normalized spacial score (nSPS) is 42.1. The SMILES string of the molecule is C=C1C(=O)O[C@@H]2C[C@@H](C)C3=C(C)C(=O)C[C@@H]3[C@@H](O)[C@@H]12. The topological polar surface area (TPSA) is 63.6 Å². The van der Waals surface area contributed by atoms with E-state index in [1.165, 1.54) is 0 Å². The third-order valence-electron chi connectivity index (χ3n) is 4.88. The van der Waals surface area contributed by atoms with Crippen LogP contribution in [0, 0.1) is 17.8 Å². The molecule has 19 heavy (non-hydrogen) atoms. The van der Waals surface area contributed by atoms with Gasteiger partial charge in [-0.1, -0.05) is 19.1 Å². The third-order valence-corrected chi connectivity index (χ3v) is 4.88. The first-order valence-electron chi connectivity index (χ1n) is 6.73. The molecule has 5 atom stereocenters. The lowest BCUT2D eigenvalue weighted by Gasteiger charge is -2.24. The Hall–Kier alpha value is -1.42. The Morgan fingerprint density at radius 1 is 1.37 bits per heavy atom. The number of carbonyl (C=O) groups is 2. The van der Waals surface area contributed by atoms with Crippen LogP contribution in [0.2, 0.25) is 0 Å². The van der Waals surface area contributed by atoms with Gasteiger partial charge < -0.3 is 9.84 Å². The third kappa shape index (κ3) is 1.62. The monoisotopic (exact) mass is 262 g/mol. The Morgan fingerprint density at radius 3 is 2.74 bits per heavy atom. The molecule has 0 aromatic carbocycles. The van der Waals surface area contributed by atoms with Crippen molar-refractivity contribution >= 4 is 11.8 Å². The summed E-state index contributed by atoms with van der Waals surface area (Å²) in [5.41, 5.74) is 2.19. The Morgan fingerprint density at radius 2 is 2.05 bits per heavy atom. The maximum Gasteiger partial charge on any atom is 0.334 e. The second-order valence-electron chi connectivity index (χ2n) is 5.94. The van der Waals surface area contributed by atoms with E-state index in [0.717, 1.165) is 11.1 Å². The van der Waals surface area contributed by atoms with Crippen molar-refractivity contribution in [2.24, 2.45) is 17.8 Å². The van der Waals surface area contributed by atoms with Crippen molar-refractivity contribution in [3.63, 3.8) is 0 Å². The van der Waals surface area contributed by atoms with Gasteiger partial charge in [-0.05, 0) is 24.8 Å². The highest BCUT2D eigenvalue weighted by Gasteiger charge is 2.51. The first kappa shape index (κ1) is 12.6. The summed E-state index contributed by atoms with van der Waals surface area (Å²) in [6.07, 6.45) is -0.0448. The lowest BCUT2D eigenvalue weighted by molar-refractivity contribution is -0.140. The molecule has 102 valence electrons. The molecule has 0 unspecified atom stereocenters. The molecule has 0 amide bonds. The van der Waals surface area contributed by atoms with Crippen LogP contribution in [-0.2, 0) is 14.3 Å². The second kappa shape index (κ2) is 4.04. The zero-order chi connectivity index (χ0) is 13.9. The van der Waals surface area contributed by atoms with Crippen molar-refractivity contribution in [2.45, 2.75) is 38.9 Å². The minimum atomic E-state index is -0.745. The van der Waals surface area contributed by atoms with E-state index in [1.807, 2.05) is 13.8 Å². The molecule has 1 aliphatic heterocycles. The summed E-state index contributed by atoms with van der Waals surface area (Å²) in [5.74, 6) is -0.686. The van der Waals surface area contributed by atoms with Crippen LogP contribution >= 0.6 is 0 Å². The average Bonchev–Trinajstić information content (AvgIpc) is 2.75. The highest BCUT2D eigenvalue weighted by molar-refractivity contribution is 5.99. The molecule has 0 aromatic heterocycles. The number of aliphatic hydroxyl groups excluding tert-OH is 1. The van der Waals surface area contributed by atoms with Crippen LogP contribution < -0.4 is 0 Å². The number of hydrogen-bond acceptors (Lipinski definition) is 4. The van der Waals surface area contributed by atoms with Crippen LogP contribution in [0.4, 0.5) is 0 Å². The minimum Gasteiger partial charge on any atom is -0.458 e. The quantitative estimate of drug-likeness (QED) is 0.529. The van der Waals surface area contributed by atoms with E-state index in [0.29, 0.717) is 18.4 Å². The number of hydrogen-bond donors (Lipinski definition) is 1. The lowest BCUT2D eigenvalue weighted by Crippen LogP contribution is -2.32. The standard InChI is InChI=1S/C15H18O4/c1-6-4-11-13(8(3)15(18)19-11)14(17)9-5-10(16)7(2)12(6)9/h6,9,11,13-14,17H,3-5H2,1-2H3/t6-,9+,11-,13+,14-/m1/s1. The molecule has 0 bridgehead atoms. The van der Waals surface area contributed by atoms with Gasteiger partial charge in [0.1, 0.15) is 6.10 Å². The highest BCUT2D eigenvalue weighted by Crippen LogP contribution is 2.48. The van der Waals surface area contributed by atoms with Gasteiger partial charge in [-0.2, -0.15) is 0 Å². The number of ketones is 1. The van der Waals surface area contributed by atoms with Crippen LogP contribution in [-0.4, -0.2) is 29.1 Å². The summed E-state index contributed by atoms with van der Waals surface area (Å²) in [6.45, 7) is 7.63. The minimum absolute atomic E-state index is 0.111. The molecule has 4 heteroatoms. The van der Waals surface area contributed by atoms with Crippen LogP contribution in [0.15, 0.2) is 23.3 Å². The molecule has 3 aliphatic rings. The van der Waals surface area contributed by atoms with Gasteiger partial charge in [0, 0.05) is 17.9 Å². The summed E-state index contributed by atoms with van der Waals surface area (Å²) in [5, 5.41) is 10.6. The number of allylic oxidation sites excluding steroid dienone is 1. The second-order valence-corrected chi connectivity index (χ2v) is 5.94. The number of fused-ring (bicyclic) bond motifs is 2. The predicted molar refractivity (Wildman–Crippen MR) is 68.1 cm³/mol. The van der Waals surface area contributed by atoms with Gasteiger partial charge in [0.15, 0.2) is 5.78 Å². The lowest BCUT2D eigenvalue weighted by atomic mass is 9.83. The zero-order valence-corrected chi connectivity index (χ0v) is 11.2. The smallest absolute Gasteiger partial charge is 0.334 e. The molecular weight excluding hydrogens is 244 g/mol. The number of aliphatic hydroxyl groups is 1. The van der Waals surface area contributed by atoms with E-state index >= 15 is 0 Å². The summed E-state index contributed by atoms with van der Waals surface area (Å²) in [6, 6.07) is 0. The first-order chi connectivity index (χ1) is 8.91. The summed E-state index contributed by atoms with van der Waals surface area (Å²) >= 11 is 0. The van der Waals surface area contributed by atoms with E-state index in [1.54, 1.807) is 0 Å². The van der Waals surface area contributed by atoms with Gasteiger partial charge in [0.25, 0.3) is 0 Å². The Balaban J connectivity index is 2.05. The summed E-state index contributed by atoms with van der Waals surface area (Å²) in [4.78, 5) is 23.5. The fourth-order valence-corrected chi connectivity index (χ4v) is 3.94. The molecule has 0 spiro atoms. The van der Waals surface area contributed by atoms with Crippen LogP contribution in [0.3, 0.4) is 0 Å². The molecule has 2 fully saturated rings. The number of rotatable bonds is 0. The Labute approximate surface area is 112 Å². The van der Waals surface area contributed by atoms with Crippen molar-refractivity contribution in [3.05, 3.63) is 23.3 Å². The molecule has 0 radical (unpaired) electrons. The Bertz CT molecular complexity index is 516. The molecule has 1 N–H and O–H groups in total. The number of Topliss-reactive ketones (excluding diaryl/α,β-unsaturated/α-hetero) is 1. The number of esters is 1. The van der Waals surface area contributed by atoms with Gasteiger partial charge >= 0.3 is 5.97 Å². The number of ether oxygens (including phenoxy) is 1. The first-order valence-corrected chi connectivity index (χ1v) is 6.73. The van der Waals surface area contributed by atoms with Crippen molar-refractivity contribution in [1.82, 2.24) is 0 Å². The van der Waals surface area contributed by atoms with Crippen molar-refractivity contribution < 1.29 is 19.4 Å². The fourth-order valence-electron chi connectivity index (χ4n) is 3.94. The van der Waals surface area contributed by atoms with Gasteiger partial charge in [-0.15, -0.1) is 0 Å². The van der Waals surface area contributed by atoms with E-state index < -0.39 is 12.1 Å². The molecule has 3 rings (SSSR count).